The van der Waals surface area contributed by atoms with Gasteiger partial charge in [-0.25, -0.2) is 14.8 Å². The molecule has 0 saturated carbocycles. The number of H-pyrrole nitrogens is 1. The highest BCUT2D eigenvalue weighted by Gasteiger charge is 2.23. The number of hydrogen-bond donors (Lipinski definition) is 3. The number of urea groups is 1. The van der Waals surface area contributed by atoms with Gasteiger partial charge in [-0.3, -0.25) is 0 Å². The molecule has 0 unspecified atom stereocenters. The molecular weight excluding hydrogens is 464 g/mol. The fourth-order valence-electron chi connectivity index (χ4n) is 4.93. The number of aromatic amines is 1. The Morgan fingerprint density at radius 2 is 1.81 bits per heavy atom. The Labute approximate surface area is 218 Å². The van der Waals surface area contributed by atoms with Crippen molar-refractivity contribution in [2.75, 3.05) is 56.5 Å². The van der Waals surface area contributed by atoms with Crippen LogP contribution >= 0.6 is 0 Å². The summed E-state index contributed by atoms with van der Waals surface area (Å²) in [7, 11) is 2.18. The van der Waals surface area contributed by atoms with Crippen LogP contribution in [0.5, 0.6) is 0 Å². The first-order chi connectivity index (χ1) is 17.6. The molecule has 1 fully saturated rings. The maximum atomic E-state index is 12.5. The number of nitrogens with one attached hydrogen (secondary N) is 3. The Hall–Kier alpha value is -3.59. The molecule has 4 heterocycles. The van der Waals surface area contributed by atoms with E-state index in [-0.39, 0.29) is 11.6 Å². The second-order valence-electron chi connectivity index (χ2n) is 11.2. The Kier molecular flexibility index (Phi) is 6.81. The van der Waals surface area contributed by atoms with Gasteiger partial charge in [0.2, 0.25) is 0 Å². The van der Waals surface area contributed by atoms with Gasteiger partial charge < -0.3 is 30.3 Å². The average molecular weight is 503 g/mol. The van der Waals surface area contributed by atoms with E-state index in [2.05, 4.69) is 79.7 Å². The summed E-state index contributed by atoms with van der Waals surface area (Å²) >= 11 is 0. The topological polar surface area (TPSA) is 92.4 Å². The number of carbonyl (C=O) groups is 1. The van der Waals surface area contributed by atoms with Crippen molar-refractivity contribution in [2.45, 2.75) is 39.7 Å². The monoisotopic (exact) mass is 502 g/mol. The minimum absolute atomic E-state index is 0.0223. The van der Waals surface area contributed by atoms with Crippen LogP contribution in [0.25, 0.3) is 16.6 Å². The predicted octanol–water partition coefficient (Wildman–Crippen LogP) is 4.36. The van der Waals surface area contributed by atoms with Crippen molar-refractivity contribution in [1.82, 2.24) is 30.1 Å². The van der Waals surface area contributed by atoms with Gasteiger partial charge in [0.1, 0.15) is 17.8 Å². The molecule has 2 aliphatic heterocycles. The standard InChI is InChI=1S/C28H38N8O/c1-19-14-21(16-22(15-19)35-12-10-34(5)11-13-35)31-25-23-17-24(32-26(23)30-18-29-25)20-6-8-36(9-7-20)27(37)33-28(2,3)4/h6,14-18H,7-13H2,1-5H3,(H,33,37)(H2,29,30,31,32). The minimum atomic E-state index is -0.247. The van der Waals surface area contributed by atoms with Crippen molar-refractivity contribution in [3.8, 4) is 0 Å². The quantitative estimate of drug-likeness (QED) is 0.491. The first kappa shape index (κ1) is 25.1. The van der Waals surface area contributed by atoms with Crippen molar-refractivity contribution < 1.29 is 4.79 Å². The van der Waals surface area contributed by atoms with Gasteiger partial charge in [-0.1, -0.05) is 6.08 Å². The van der Waals surface area contributed by atoms with Crippen molar-refractivity contribution in [3.05, 3.63) is 47.9 Å². The molecule has 37 heavy (non-hydrogen) atoms. The van der Waals surface area contributed by atoms with E-state index in [1.54, 1.807) is 6.33 Å². The lowest BCUT2D eigenvalue weighted by Crippen LogP contribution is -2.49. The van der Waals surface area contributed by atoms with E-state index < -0.39 is 0 Å². The molecule has 0 bridgehead atoms. The van der Waals surface area contributed by atoms with E-state index in [1.807, 2.05) is 25.7 Å². The first-order valence-electron chi connectivity index (χ1n) is 13.1. The Bertz CT molecular complexity index is 1310. The van der Waals surface area contributed by atoms with Gasteiger partial charge in [0.05, 0.1) is 5.39 Å². The number of hydrogen-bond acceptors (Lipinski definition) is 6. The van der Waals surface area contributed by atoms with Crippen LogP contribution in [-0.4, -0.2) is 82.6 Å². The van der Waals surface area contributed by atoms with Crippen LogP contribution in [0.15, 0.2) is 36.7 Å². The number of aryl methyl sites for hydroxylation is 1. The van der Waals surface area contributed by atoms with Crippen LogP contribution in [0.1, 0.15) is 38.4 Å². The van der Waals surface area contributed by atoms with Crippen molar-refractivity contribution in [2.24, 2.45) is 0 Å². The summed E-state index contributed by atoms with van der Waals surface area (Å²) in [5.74, 6) is 0.782. The minimum Gasteiger partial charge on any atom is -0.369 e. The van der Waals surface area contributed by atoms with Crippen molar-refractivity contribution in [3.63, 3.8) is 0 Å². The SMILES string of the molecule is Cc1cc(Nc2ncnc3[nH]c(C4=CCN(C(=O)NC(C)(C)C)CC4)cc23)cc(N2CCN(C)CC2)c1. The van der Waals surface area contributed by atoms with Gasteiger partial charge >= 0.3 is 6.03 Å². The van der Waals surface area contributed by atoms with Crippen LogP contribution in [0.4, 0.5) is 22.0 Å². The lowest BCUT2D eigenvalue weighted by Gasteiger charge is -2.34. The molecule has 2 aromatic heterocycles. The first-order valence-corrected chi connectivity index (χ1v) is 13.1. The van der Waals surface area contributed by atoms with Gasteiger partial charge in [0.15, 0.2) is 0 Å². The Morgan fingerprint density at radius 3 is 2.51 bits per heavy atom. The third kappa shape index (κ3) is 5.88. The molecule has 0 aliphatic carbocycles. The van der Waals surface area contributed by atoms with E-state index in [0.29, 0.717) is 13.1 Å². The summed E-state index contributed by atoms with van der Waals surface area (Å²) < 4.78 is 0. The molecular formula is C28H38N8O. The summed E-state index contributed by atoms with van der Waals surface area (Å²) in [6.45, 7) is 13.6. The second-order valence-corrected chi connectivity index (χ2v) is 11.2. The van der Waals surface area contributed by atoms with E-state index in [4.69, 9.17) is 0 Å². The van der Waals surface area contributed by atoms with E-state index in [0.717, 1.165) is 60.8 Å². The number of nitrogens with zero attached hydrogens (tertiary/aromatic N) is 5. The van der Waals surface area contributed by atoms with Crippen LogP contribution in [-0.2, 0) is 0 Å². The van der Waals surface area contributed by atoms with E-state index >= 15 is 0 Å². The van der Waals surface area contributed by atoms with E-state index in [1.165, 1.54) is 16.8 Å². The molecule has 3 aromatic rings. The molecule has 1 saturated heterocycles. The van der Waals surface area contributed by atoms with Gasteiger partial charge in [-0.05, 0) is 76.6 Å². The zero-order chi connectivity index (χ0) is 26.2. The van der Waals surface area contributed by atoms with Crippen LogP contribution in [0.2, 0.25) is 0 Å². The molecule has 2 amide bonds. The third-order valence-corrected chi connectivity index (χ3v) is 6.94. The summed E-state index contributed by atoms with van der Waals surface area (Å²) in [5, 5.41) is 7.54. The van der Waals surface area contributed by atoms with Gasteiger partial charge in [0, 0.05) is 61.9 Å². The summed E-state index contributed by atoms with van der Waals surface area (Å²) in [6, 6.07) is 8.71. The summed E-state index contributed by atoms with van der Waals surface area (Å²) in [5.41, 5.74) is 6.24. The average Bonchev–Trinajstić information content (AvgIpc) is 3.29. The Balaban J connectivity index is 1.34. The van der Waals surface area contributed by atoms with Crippen LogP contribution < -0.4 is 15.5 Å². The third-order valence-electron chi connectivity index (χ3n) is 6.94. The number of aromatic nitrogens is 3. The predicted molar refractivity (Wildman–Crippen MR) is 151 cm³/mol. The highest BCUT2D eigenvalue weighted by molar-refractivity contribution is 5.92. The highest BCUT2D eigenvalue weighted by atomic mass is 16.2. The Morgan fingerprint density at radius 1 is 1.03 bits per heavy atom. The number of amides is 2. The summed E-state index contributed by atoms with van der Waals surface area (Å²) in [4.78, 5) is 31.7. The normalized spacial score (nSPS) is 17.2. The number of carbonyl (C=O) groups excluding carboxylic acids is 1. The van der Waals surface area contributed by atoms with Crippen LogP contribution in [0.3, 0.4) is 0 Å². The van der Waals surface area contributed by atoms with Gasteiger partial charge in [-0.15, -0.1) is 0 Å². The molecule has 5 rings (SSSR count). The molecule has 3 N–H and O–H groups in total. The molecule has 0 spiro atoms. The molecule has 9 heteroatoms. The number of piperazine rings is 1. The molecule has 0 atom stereocenters. The fourth-order valence-corrected chi connectivity index (χ4v) is 4.93. The second kappa shape index (κ2) is 10.0. The lowest BCUT2D eigenvalue weighted by atomic mass is 10.0. The smallest absolute Gasteiger partial charge is 0.318 e. The fraction of sp³-hybridized carbons (Fsp3) is 0.464. The van der Waals surface area contributed by atoms with E-state index in [9.17, 15) is 4.79 Å². The molecule has 1 aromatic carbocycles. The zero-order valence-electron chi connectivity index (χ0n) is 22.6. The van der Waals surface area contributed by atoms with Gasteiger partial charge in [-0.2, -0.15) is 0 Å². The number of fused-ring (bicyclic) bond motifs is 1. The van der Waals surface area contributed by atoms with Crippen LogP contribution in [0, 0.1) is 6.92 Å². The maximum Gasteiger partial charge on any atom is 0.318 e. The number of benzene rings is 1. The number of anilines is 3. The van der Waals surface area contributed by atoms with Gasteiger partial charge in [0.25, 0.3) is 0 Å². The maximum absolute atomic E-state index is 12.5. The molecule has 0 radical (unpaired) electrons. The number of rotatable bonds is 4. The lowest BCUT2D eigenvalue weighted by molar-refractivity contribution is 0.193. The number of likely N-dealkylation sites (N-methyl/N-ethyl adjacent to an activating group) is 1. The molecule has 9 nitrogen and oxygen atoms in total. The highest BCUT2D eigenvalue weighted by Crippen LogP contribution is 2.31. The molecule has 2 aliphatic rings. The summed E-state index contributed by atoms with van der Waals surface area (Å²) in [6.07, 6.45) is 4.50. The largest absolute Gasteiger partial charge is 0.369 e. The molecule has 196 valence electrons. The van der Waals surface area contributed by atoms with Crippen molar-refractivity contribution >= 4 is 39.8 Å². The zero-order valence-corrected chi connectivity index (χ0v) is 22.6. The van der Waals surface area contributed by atoms with Crippen molar-refractivity contribution in [1.29, 1.82) is 0 Å².